The van der Waals surface area contributed by atoms with E-state index in [1.54, 1.807) is 37.7 Å². The van der Waals surface area contributed by atoms with E-state index in [4.69, 9.17) is 10.8 Å². The van der Waals surface area contributed by atoms with Crippen LogP contribution >= 0.6 is 11.8 Å². The summed E-state index contributed by atoms with van der Waals surface area (Å²) in [5.41, 5.74) is 6.61. The van der Waals surface area contributed by atoms with Gasteiger partial charge in [-0.25, -0.2) is 0 Å². The molecule has 0 bridgehead atoms. The van der Waals surface area contributed by atoms with Crippen molar-refractivity contribution in [2.45, 2.75) is 57.8 Å². The standard InChI is InChI=1S/C22H34N4O6S/c1-12(2)18(21(30)24-13(3)22(31)32)26-20(29)17(11-14-5-7-15(27)8-6-14)25-19(28)16(23)9-10-33-4/h5-8,12-13,16-18,27H,9-11,23H2,1-4H3,(H,24,30)(H,25,28)(H,26,29)(H,31,32). The molecule has 0 aliphatic heterocycles. The van der Waals surface area contributed by atoms with Gasteiger partial charge < -0.3 is 31.9 Å². The van der Waals surface area contributed by atoms with Gasteiger partial charge >= 0.3 is 5.97 Å². The van der Waals surface area contributed by atoms with Crippen molar-refractivity contribution in [3.05, 3.63) is 29.8 Å². The number of aliphatic carboxylic acids is 1. The van der Waals surface area contributed by atoms with Gasteiger partial charge in [-0.15, -0.1) is 0 Å². The number of carbonyl (C=O) groups is 4. The zero-order chi connectivity index (χ0) is 25.1. The van der Waals surface area contributed by atoms with Crippen LogP contribution in [0.15, 0.2) is 24.3 Å². The number of aromatic hydroxyl groups is 1. The number of phenols is 1. The molecule has 1 rings (SSSR count). The third-order valence-corrected chi connectivity index (χ3v) is 5.60. The van der Waals surface area contributed by atoms with Crippen LogP contribution in [0.4, 0.5) is 0 Å². The summed E-state index contributed by atoms with van der Waals surface area (Å²) in [7, 11) is 0. The smallest absolute Gasteiger partial charge is 0.325 e. The second-order valence-corrected chi connectivity index (χ2v) is 9.10. The summed E-state index contributed by atoms with van der Waals surface area (Å²) in [5.74, 6) is -2.54. The molecule has 0 saturated carbocycles. The van der Waals surface area contributed by atoms with Crippen molar-refractivity contribution in [1.29, 1.82) is 0 Å². The summed E-state index contributed by atoms with van der Waals surface area (Å²) in [4.78, 5) is 49.3. The lowest BCUT2D eigenvalue weighted by molar-refractivity contribution is -0.142. The van der Waals surface area contributed by atoms with Crippen LogP contribution in [0.25, 0.3) is 0 Å². The van der Waals surface area contributed by atoms with Crippen molar-refractivity contribution in [3.63, 3.8) is 0 Å². The Morgan fingerprint density at radius 2 is 1.58 bits per heavy atom. The molecule has 0 spiro atoms. The summed E-state index contributed by atoms with van der Waals surface area (Å²) in [6.07, 6.45) is 2.43. The number of amides is 3. The summed E-state index contributed by atoms with van der Waals surface area (Å²) in [6.45, 7) is 4.74. The number of carboxylic acids is 1. The first-order valence-corrected chi connectivity index (χ1v) is 12.0. The molecule has 4 unspecified atom stereocenters. The molecular weight excluding hydrogens is 448 g/mol. The van der Waals surface area contributed by atoms with Crippen molar-refractivity contribution < 1.29 is 29.4 Å². The van der Waals surface area contributed by atoms with Gasteiger partial charge in [0.2, 0.25) is 17.7 Å². The second kappa shape index (κ2) is 13.7. The number of phenolic OH excluding ortho intramolecular Hbond substituents is 1. The number of benzene rings is 1. The number of carboxylic acid groups (broad SMARTS) is 1. The fourth-order valence-corrected chi connectivity index (χ4v) is 3.38. The minimum absolute atomic E-state index is 0.0620. The molecule has 4 atom stereocenters. The number of rotatable bonds is 13. The van der Waals surface area contributed by atoms with Crippen LogP contribution < -0.4 is 21.7 Å². The first-order valence-electron chi connectivity index (χ1n) is 10.6. The fraction of sp³-hybridized carbons (Fsp3) is 0.545. The predicted octanol–water partition coefficient (Wildman–Crippen LogP) is 0.230. The zero-order valence-corrected chi connectivity index (χ0v) is 20.1. The maximum Gasteiger partial charge on any atom is 0.325 e. The zero-order valence-electron chi connectivity index (χ0n) is 19.3. The van der Waals surface area contributed by atoms with E-state index < -0.39 is 47.9 Å². The van der Waals surface area contributed by atoms with E-state index in [2.05, 4.69) is 16.0 Å². The first kappa shape index (κ1) is 28.2. The minimum atomic E-state index is -1.20. The molecule has 0 saturated heterocycles. The SMILES string of the molecule is CSCCC(N)C(=O)NC(Cc1ccc(O)cc1)C(=O)NC(C(=O)NC(C)C(=O)O)C(C)C. The van der Waals surface area contributed by atoms with E-state index in [-0.39, 0.29) is 18.1 Å². The quantitative estimate of drug-likeness (QED) is 0.232. The topological polar surface area (TPSA) is 171 Å². The number of thioether (sulfide) groups is 1. The van der Waals surface area contributed by atoms with E-state index in [0.29, 0.717) is 17.7 Å². The first-order chi connectivity index (χ1) is 15.5. The van der Waals surface area contributed by atoms with Crippen LogP contribution in [-0.2, 0) is 25.6 Å². The molecule has 0 radical (unpaired) electrons. The van der Waals surface area contributed by atoms with Gasteiger partial charge in [0.1, 0.15) is 23.9 Å². The van der Waals surface area contributed by atoms with Gasteiger partial charge in [-0.3, -0.25) is 19.2 Å². The molecule has 10 nitrogen and oxygen atoms in total. The molecule has 33 heavy (non-hydrogen) atoms. The lowest BCUT2D eigenvalue weighted by atomic mass is 10.0. The Bertz CT molecular complexity index is 818. The van der Waals surface area contributed by atoms with E-state index in [0.717, 1.165) is 0 Å². The summed E-state index contributed by atoms with van der Waals surface area (Å²) >= 11 is 1.55. The Hall–Kier alpha value is -2.79. The highest BCUT2D eigenvalue weighted by molar-refractivity contribution is 7.98. The molecule has 184 valence electrons. The molecule has 0 heterocycles. The van der Waals surface area contributed by atoms with E-state index >= 15 is 0 Å². The van der Waals surface area contributed by atoms with Crippen LogP contribution in [0.2, 0.25) is 0 Å². The van der Waals surface area contributed by atoms with Gasteiger partial charge in [0.05, 0.1) is 6.04 Å². The third kappa shape index (κ3) is 9.70. The Morgan fingerprint density at radius 1 is 0.970 bits per heavy atom. The molecule has 11 heteroatoms. The van der Waals surface area contributed by atoms with Crippen LogP contribution in [0.3, 0.4) is 0 Å². The fourth-order valence-electron chi connectivity index (χ4n) is 2.89. The third-order valence-electron chi connectivity index (χ3n) is 4.95. The predicted molar refractivity (Wildman–Crippen MR) is 127 cm³/mol. The Morgan fingerprint density at radius 3 is 2.09 bits per heavy atom. The van der Waals surface area contributed by atoms with Gasteiger partial charge in [-0.1, -0.05) is 26.0 Å². The van der Waals surface area contributed by atoms with Crippen molar-refractivity contribution in [1.82, 2.24) is 16.0 Å². The molecule has 0 fully saturated rings. The highest BCUT2D eigenvalue weighted by atomic mass is 32.2. The second-order valence-electron chi connectivity index (χ2n) is 8.12. The van der Waals surface area contributed by atoms with Gasteiger partial charge in [0.15, 0.2) is 0 Å². The lowest BCUT2D eigenvalue weighted by Gasteiger charge is -2.26. The number of nitrogens with two attached hydrogens (primary N) is 1. The molecule has 7 N–H and O–H groups in total. The highest BCUT2D eigenvalue weighted by Crippen LogP contribution is 2.12. The highest BCUT2D eigenvalue weighted by Gasteiger charge is 2.31. The molecule has 0 aliphatic rings. The summed E-state index contributed by atoms with van der Waals surface area (Å²) < 4.78 is 0. The van der Waals surface area contributed by atoms with Crippen molar-refractivity contribution in [3.8, 4) is 5.75 Å². The molecular formula is C22H34N4O6S. The number of hydrogen-bond donors (Lipinski definition) is 6. The summed E-state index contributed by atoms with van der Waals surface area (Å²) in [5, 5.41) is 26.2. The molecule has 1 aromatic rings. The maximum absolute atomic E-state index is 13.1. The maximum atomic E-state index is 13.1. The largest absolute Gasteiger partial charge is 0.508 e. The van der Waals surface area contributed by atoms with Gasteiger partial charge in [-0.05, 0) is 49.0 Å². The van der Waals surface area contributed by atoms with Crippen LogP contribution in [0.1, 0.15) is 32.8 Å². The normalized spacial score (nSPS) is 14.6. The monoisotopic (exact) mass is 482 g/mol. The molecule has 0 aliphatic carbocycles. The van der Waals surface area contributed by atoms with Gasteiger partial charge in [0, 0.05) is 6.42 Å². The average Bonchev–Trinajstić information content (AvgIpc) is 2.75. The molecule has 0 aromatic heterocycles. The lowest BCUT2D eigenvalue weighted by Crippen LogP contribution is -2.58. The summed E-state index contributed by atoms with van der Waals surface area (Å²) in [6, 6.07) is 2.21. The van der Waals surface area contributed by atoms with E-state index in [1.807, 2.05) is 6.26 Å². The van der Waals surface area contributed by atoms with Crippen molar-refractivity contribution in [2.24, 2.45) is 11.7 Å². The average molecular weight is 483 g/mol. The van der Waals surface area contributed by atoms with Crippen LogP contribution in [0, 0.1) is 5.92 Å². The Kier molecular flexibility index (Phi) is 11.7. The Balaban J connectivity index is 3.03. The molecule has 1 aromatic carbocycles. The van der Waals surface area contributed by atoms with Crippen LogP contribution in [-0.4, -0.2) is 70.1 Å². The molecule has 3 amide bonds. The van der Waals surface area contributed by atoms with Crippen molar-refractivity contribution in [2.75, 3.05) is 12.0 Å². The Labute approximate surface area is 198 Å². The number of carbonyl (C=O) groups excluding carboxylic acids is 3. The number of nitrogens with one attached hydrogen (secondary N) is 3. The van der Waals surface area contributed by atoms with E-state index in [9.17, 15) is 24.3 Å². The van der Waals surface area contributed by atoms with Crippen LogP contribution in [0.5, 0.6) is 5.75 Å². The number of hydrogen-bond acceptors (Lipinski definition) is 7. The minimum Gasteiger partial charge on any atom is -0.508 e. The van der Waals surface area contributed by atoms with Crippen molar-refractivity contribution >= 4 is 35.5 Å². The van der Waals surface area contributed by atoms with Gasteiger partial charge in [0.25, 0.3) is 0 Å². The van der Waals surface area contributed by atoms with E-state index in [1.165, 1.54) is 19.1 Å². The van der Waals surface area contributed by atoms with Gasteiger partial charge in [-0.2, -0.15) is 11.8 Å².